The van der Waals surface area contributed by atoms with Crippen LogP contribution in [0.25, 0.3) is 0 Å². The van der Waals surface area contributed by atoms with Crippen molar-refractivity contribution < 1.29 is 19.1 Å². The van der Waals surface area contributed by atoms with Crippen LogP contribution in [0.4, 0.5) is 0 Å². The molecule has 7 heteroatoms. The van der Waals surface area contributed by atoms with E-state index < -0.39 is 5.97 Å². The molecule has 0 saturated heterocycles. The van der Waals surface area contributed by atoms with Gasteiger partial charge < -0.3 is 15.4 Å². The Morgan fingerprint density at radius 1 is 1.04 bits per heavy atom. The minimum Gasteiger partial charge on any atom is -0.465 e. The number of thiophene rings is 1. The fourth-order valence-corrected chi connectivity index (χ4v) is 2.73. The molecule has 6 nitrogen and oxygen atoms in total. The molecule has 0 bridgehead atoms. The first-order valence-corrected chi connectivity index (χ1v) is 8.10. The molecule has 2 aromatic rings. The lowest BCUT2D eigenvalue weighted by molar-refractivity contribution is -0.120. The molecule has 0 fully saturated rings. The molecule has 2 amide bonds. The van der Waals surface area contributed by atoms with Crippen LogP contribution in [0.2, 0.25) is 0 Å². The summed E-state index contributed by atoms with van der Waals surface area (Å²) < 4.78 is 4.62. The van der Waals surface area contributed by atoms with E-state index in [0.717, 1.165) is 10.4 Å². The van der Waals surface area contributed by atoms with E-state index in [-0.39, 0.29) is 18.4 Å². The summed E-state index contributed by atoms with van der Waals surface area (Å²) in [6, 6.07) is 10.3. The van der Waals surface area contributed by atoms with Gasteiger partial charge in [-0.25, -0.2) is 4.79 Å². The summed E-state index contributed by atoms with van der Waals surface area (Å²) in [4.78, 5) is 36.6. The van der Waals surface area contributed by atoms with Crippen molar-refractivity contribution in [2.75, 3.05) is 13.7 Å². The molecule has 0 atom stereocenters. The van der Waals surface area contributed by atoms with Crippen molar-refractivity contribution in [3.63, 3.8) is 0 Å². The molecule has 126 valence electrons. The van der Waals surface area contributed by atoms with Crippen LogP contribution in [-0.4, -0.2) is 31.4 Å². The van der Waals surface area contributed by atoms with Gasteiger partial charge in [-0.3, -0.25) is 9.59 Å². The lowest BCUT2D eigenvalue weighted by Crippen LogP contribution is -2.36. The van der Waals surface area contributed by atoms with Crippen molar-refractivity contribution in [2.24, 2.45) is 0 Å². The maximum atomic E-state index is 11.8. The van der Waals surface area contributed by atoms with Gasteiger partial charge in [0.2, 0.25) is 5.91 Å². The minimum atomic E-state index is -0.405. The first-order valence-electron chi connectivity index (χ1n) is 7.28. The highest BCUT2D eigenvalue weighted by molar-refractivity contribution is 7.13. The molecule has 1 aromatic carbocycles. The lowest BCUT2D eigenvalue weighted by atomic mass is 10.1. The van der Waals surface area contributed by atoms with Crippen LogP contribution in [0.3, 0.4) is 0 Å². The Labute approximate surface area is 143 Å². The standard InChI is InChI=1S/C17H18N2O4S/c1-11-3-8-14(24-11)16(21)19-10-15(20)18-9-12-4-6-13(7-5-12)17(22)23-2/h3-8H,9-10H2,1-2H3,(H,18,20)(H,19,21). The van der Waals surface area contributed by atoms with Gasteiger partial charge in [0.15, 0.2) is 0 Å². The van der Waals surface area contributed by atoms with E-state index in [0.29, 0.717) is 17.0 Å². The average Bonchev–Trinajstić information content (AvgIpc) is 3.04. The van der Waals surface area contributed by atoms with Crippen molar-refractivity contribution in [3.8, 4) is 0 Å². The number of aryl methyl sites for hydroxylation is 1. The van der Waals surface area contributed by atoms with Crippen molar-refractivity contribution in [1.29, 1.82) is 0 Å². The molecule has 1 heterocycles. The Balaban J connectivity index is 1.76. The molecule has 0 spiro atoms. The molecule has 24 heavy (non-hydrogen) atoms. The van der Waals surface area contributed by atoms with E-state index in [2.05, 4.69) is 15.4 Å². The van der Waals surface area contributed by atoms with E-state index in [4.69, 9.17) is 0 Å². The largest absolute Gasteiger partial charge is 0.465 e. The summed E-state index contributed by atoms with van der Waals surface area (Å²) in [6.07, 6.45) is 0. The van der Waals surface area contributed by atoms with Crippen LogP contribution in [-0.2, 0) is 16.1 Å². The SMILES string of the molecule is COC(=O)c1ccc(CNC(=O)CNC(=O)c2ccc(C)s2)cc1. The molecule has 0 unspecified atom stereocenters. The van der Waals surface area contributed by atoms with Gasteiger partial charge in [0.1, 0.15) is 0 Å². The number of esters is 1. The third-order valence-corrected chi connectivity index (χ3v) is 4.24. The molecule has 2 N–H and O–H groups in total. The van der Waals surface area contributed by atoms with Crippen molar-refractivity contribution >= 4 is 29.1 Å². The third kappa shape index (κ3) is 4.92. The quantitative estimate of drug-likeness (QED) is 0.782. The maximum Gasteiger partial charge on any atom is 0.337 e. The Morgan fingerprint density at radius 3 is 2.33 bits per heavy atom. The van der Waals surface area contributed by atoms with Crippen molar-refractivity contribution in [2.45, 2.75) is 13.5 Å². The molecule has 0 radical (unpaired) electrons. The van der Waals surface area contributed by atoms with Gasteiger partial charge >= 0.3 is 5.97 Å². The molecule has 0 saturated carbocycles. The summed E-state index contributed by atoms with van der Waals surface area (Å²) in [5.74, 6) is -0.948. The maximum absolute atomic E-state index is 11.8. The fraction of sp³-hybridized carbons (Fsp3) is 0.235. The number of rotatable bonds is 6. The van der Waals surface area contributed by atoms with Gasteiger partial charge in [-0.2, -0.15) is 0 Å². The van der Waals surface area contributed by atoms with Gasteiger partial charge in [0, 0.05) is 11.4 Å². The second-order valence-electron chi connectivity index (χ2n) is 5.06. The van der Waals surface area contributed by atoms with Crippen LogP contribution in [0.15, 0.2) is 36.4 Å². The number of carbonyl (C=O) groups is 3. The number of hydrogen-bond acceptors (Lipinski definition) is 5. The fourth-order valence-electron chi connectivity index (χ4n) is 1.94. The van der Waals surface area contributed by atoms with E-state index in [1.165, 1.54) is 18.4 Å². The second-order valence-corrected chi connectivity index (χ2v) is 6.35. The van der Waals surface area contributed by atoms with E-state index in [1.54, 1.807) is 30.3 Å². The Kier molecular flexibility index (Phi) is 6.08. The van der Waals surface area contributed by atoms with Gasteiger partial charge in [-0.15, -0.1) is 11.3 Å². The second kappa shape index (κ2) is 8.26. The van der Waals surface area contributed by atoms with Crippen molar-refractivity contribution in [3.05, 3.63) is 57.3 Å². The number of benzene rings is 1. The van der Waals surface area contributed by atoms with Crippen LogP contribution in [0.1, 0.15) is 30.5 Å². The zero-order chi connectivity index (χ0) is 17.5. The summed E-state index contributed by atoms with van der Waals surface area (Å²) in [7, 11) is 1.32. The molecular formula is C17H18N2O4S. The summed E-state index contributed by atoms with van der Waals surface area (Å²) in [6.45, 7) is 2.14. The van der Waals surface area contributed by atoms with Crippen molar-refractivity contribution in [1.82, 2.24) is 10.6 Å². The van der Waals surface area contributed by atoms with Crippen LogP contribution in [0, 0.1) is 6.92 Å². The molecular weight excluding hydrogens is 328 g/mol. The molecule has 1 aromatic heterocycles. The number of ether oxygens (including phenoxy) is 1. The Hall–Kier alpha value is -2.67. The van der Waals surface area contributed by atoms with E-state index >= 15 is 0 Å². The number of methoxy groups -OCH3 is 1. The predicted octanol–water partition coefficient (Wildman–Crippen LogP) is 1.89. The highest BCUT2D eigenvalue weighted by Crippen LogP contribution is 2.14. The van der Waals surface area contributed by atoms with Gasteiger partial charge in [0.05, 0.1) is 24.1 Å². The highest BCUT2D eigenvalue weighted by Gasteiger charge is 2.10. The molecule has 0 aliphatic rings. The summed E-state index contributed by atoms with van der Waals surface area (Å²) in [5.41, 5.74) is 1.29. The zero-order valence-corrected chi connectivity index (χ0v) is 14.2. The molecule has 0 aliphatic carbocycles. The smallest absolute Gasteiger partial charge is 0.337 e. The van der Waals surface area contributed by atoms with E-state index in [1.807, 2.05) is 13.0 Å². The normalized spacial score (nSPS) is 10.1. The zero-order valence-electron chi connectivity index (χ0n) is 13.4. The first kappa shape index (κ1) is 17.7. The van der Waals surface area contributed by atoms with E-state index in [9.17, 15) is 14.4 Å². The first-order chi connectivity index (χ1) is 11.5. The summed E-state index contributed by atoms with van der Waals surface area (Å²) in [5, 5.41) is 5.29. The van der Waals surface area contributed by atoms with Gasteiger partial charge in [-0.05, 0) is 36.8 Å². The Bertz CT molecular complexity index is 737. The predicted molar refractivity (Wildman–Crippen MR) is 91.0 cm³/mol. The van der Waals surface area contributed by atoms with Crippen LogP contribution in [0.5, 0.6) is 0 Å². The average molecular weight is 346 g/mol. The lowest BCUT2D eigenvalue weighted by Gasteiger charge is -2.07. The topological polar surface area (TPSA) is 84.5 Å². The molecule has 0 aliphatic heterocycles. The van der Waals surface area contributed by atoms with Crippen LogP contribution >= 0.6 is 11.3 Å². The van der Waals surface area contributed by atoms with Gasteiger partial charge in [-0.1, -0.05) is 12.1 Å². The third-order valence-electron chi connectivity index (χ3n) is 3.24. The van der Waals surface area contributed by atoms with Crippen LogP contribution < -0.4 is 10.6 Å². The summed E-state index contributed by atoms with van der Waals surface area (Å²) >= 11 is 1.38. The number of nitrogens with one attached hydrogen (secondary N) is 2. The number of carbonyl (C=O) groups excluding carboxylic acids is 3. The monoisotopic (exact) mass is 346 g/mol. The highest BCUT2D eigenvalue weighted by atomic mass is 32.1. The number of amides is 2. The number of hydrogen-bond donors (Lipinski definition) is 2. The molecule has 2 rings (SSSR count). The van der Waals surface area contributed by atoms with Gasteiger partial charge in [0.25, 0.3) is 5.91 Å². The Morgan fingerprint density at radius 2 is 1.75 bits per heavy atom. The minimum absolute atomic E-state index is 0.0873.